The fraction of sp³-hybridized carbons (Fsp3) is 0.414. The maximum Gasteiger partial charge on any atom is 0.158 e. The van der Waals surface area contributed by atoms with Crippen molar-refractivity contribution in [3.8, 4) is 11.4 Å². The van der Waals surface area contributed by atoms with Gasteiger partial charge in [-0.1, -0.05) is 12.1 Å². The molecule has 1 N–H and O–H groups in total. The van der Waals surface area contributed by atoms with Gasteiger partial charge in [0.2, 0.25) is 0 Å². The van der Waals surface area contributed by atoms with Crippen LogP contribution in [0.2, 0.25) is 0 Å². The van der Waals surface area contributed by atoms with Crippen molar-refractivity contribution in [3.63, 3.8) is 0 Å². The number of fused-ring (bicyclic) bond motifs is 1. The van der Waals surface area contributed by atoms with Gasteiger partial charge in [-0.15, -0.1) is 0 Å². The zero-order valence-electron chi connectivity index (χ0n) is 21.9. The monoisotopic (exact) mass is 471 g/mol. The molecule has 5 rings (SSSR count). The number of hydrogen-bond donors (Lipinski definition) is 1. The van der Waals surface area contributed by atoms with E-state index in [1.165, 1.54) is 39.3 Å². The summed E-state index contributed by atoms with van der Waals surface area (Å²) in [5, 5.41) is 11.1. The molecule has 3 aromatic rings. The van der Waals surface area contributed by atoms with Crippen LogP contribution in [0.15, 0.2) is 47.6 Å². The molecule has 1 unspecified atom stereocenters. The van der Waals surface area contributed by atoms with E-state index in [1.807, 2.05) is 6.92 Å². The SMILES string of the molecule is CCOc1ccc(-n2c(C)c3c(c2C)C(C)N(c2cccc(C)c2C)N=C3N2CCNCC2)cc1. The van der Waals surface area contributed by atoms with Gasteiger partial charge in [-0.25, -0.2) is 0 Å². The molecule has 1 fully saturated rings. The molecule has 35 heavy (non-hydrogen) atoms. The molecule has 0 spiro atoms. The van der Waals surface area contributed by atoms with E-state index in [-0.39, 0.29) is 6.04 Å². The summed E-state index contributed by atoms with van der Waals surface area (Å²) >= 11 is 0. The lowest BCUT2D eigenvalue weighted by Crippen LogP contribution is -2.49. The Morgan fingerprint density at radius 1 is 0.971 bits per heavy atom. The highest BCUT2D eigenvalue weighted by Crippen LogP contribution is 2.41. The van der Waals surface area contributed by atoms with Crippen LogP contribution in [0.25, 0.3) is 5.69 Å². The predicted octanol–water partition coefficient (Wildman–Crippen LogP) is 5.26. The molecule has 0 radical (unpaired) electrons. The molecule has 2 aliphatic rings. The Morgan fingerprint density at radius 2 is 1.69 bits per heavy atom. The largest absolute Gasteiger partial charge is 0.494 e. The number of nitrogens with one attached hydrogen (secondary N) is 1. The highest BCUT2D eigenvalue weighted by Gasteiger charge is 2.36. The van der Waals surface area contributed by atoms with Gasteiger partial charge in [0.25, 0.3) is 0 Å². The molecule has 2 aromatic carbocycles. The molecule has 2 aliphatic heterocycles. The van der Waals surface area contributed by atoms with Crippen LogP contribution in [0.4, 0.5) is 5.69 Å². The second-order valence-electron chi connectivity index (χ2n) is 9.62. The lowest BCUT2D eigenvalue weighted by atomic mass is 9.97. The van der Waals surface area contributed by atoms with E-state index in [1.54, 1.807) is 0 Å². The number of rotatable bonds is 4. The number of nitrogens with zero attached hydrogens (tertiary/aromatic N) is 4. The number of amidine groups is 1. The number of hydrogen-bond acceptors (Lipinski definition) is 5. The maximum absolute atomic E-state index is 5.69. The molecule has 6 nitrogen and oxygen atoms in total. The lowest BCUT2D eigenvalue weighted by molar-refractivity contribution is 0.340. The van der Waals surface area contributed by atoms with Gasteiger partial charge in [0.05, 0.1) is 18.3 Å². The lowest BCUT2D eigenvalue weighted by Gasteiger charge is -2.38. The van der Waals surface area contributed by atoms with E-state index in [0.717, 1.165) is 43.5 Å². The summed E-state index contributed by atoms with van der Waals surface area (Å²) in [6.07, 6.45) is 0. The van der Waals surface area contributed by atoms with E-state index in [4.69, 9.17) is 9.84 Å². The summed E-state index contributed by atoms with van der Waals surface area (Å²) in [4.78, 5) is 2.45. The molecular formula is C29H37N5O. The van der Waals surface area contributed by atoms with Crippen molar-refractivity contribution in [1.29, 1.82) is 0 Å². The number of aromatic nitrogens is 1. The minimum absolute atomic E-state index is 0.125. The first kappa shape index (κ1) is 23.5. The van der Waals surface area contributed by atoms with Gasteiger partial charge in [-0.2, -0.15) is 5.10 Å². The molecule has 1 saturated heterocycles. The number of ether oxygens (including phenoxy) is 1. The smallest absolute Gasteiger partial charge is 0.158 e. The van der Waals surface area contributed by atoms with E-state index < -0.39 is 0 Å². The number of benzene rings is 2. The summed E-state index contributed by atoms with van der Waals surface area (Å²) in [5.74, 6) is 1.99. The predicted molar refractivity (Wildman–Crippen MR) is 144 cm³/mol. The van der Waals surface area contributed by atoms with Crippen LogP contribution in [-0.2, 0) is 0 Å². The van der Waals surface area contributed by atoms with Gasteiger partial charge in [0.1, 0.15) is 5.75 Å². The molecule has 1 atom stereocenters. The van der Waals surface area contributed by atoms with Crippen molar-refractivity contribution in [2.75, 3.05) is 37.8 Å². The molecule has 3 heterocycles. The number of piperazine rings is 1. The average molecular weight is 472 g/mol. The van der Waals surface area contributed by atoms with Gasteiger partial charge >= 0.3 is 0 Å². The third kappa shape index (κ3) is 4.00. The Hall–Kier alpha value is -3.25. The Morgan fingerprint density at radius 3 is 2.37 bits per heavy atom. The van der Waals surface area contributed by atoms with Crippen LogP contribution in [0.3, 0.4) is 0 Å². The third-order valence-electron chi connectivity index (χ3n) is 7.55. The second-order valence-corrected chi connectivity index (χ2v) is 9.62. The minimum atomic E-state index is 0.125. The van der Waals surface area contributed by atoms with Gasteiger partial charge in [-0.3, -0.25) is 5.01 Å². The first-order chi connectivity index (χ1) is 16.9. The summed E-state index contributed by atoms with van der Waals surface area (Å²) in [7, 11) is 0. The van der Waals surface area contributed by atoms with Crippen LogP contribution < -0.4 is 15.1 Å². The molecule has 0 aliphatic carbocycles. The van der Waals surface area contributed by atoms with Gasteiger partial charge in [0, 0.05) is 54.4 Å². The van der Waals surface area contributed by atoms with Gasteiger partial charge < -0.3 is 19.5 Å². The Balaban J connectivity index is 1.68. The Kier molecular flexibility index (Phi) is 6.32. The van der Waals surface area contributed by atoms with Crippen molar-refractivity contribution in [2.24, 2.45) is 5.10 Å². The summed E-state index contributed by atoms with van der Waals surface area (Å²) in [6, 6.07) is 15.1. The molecule has 184 valence electrons. The van der Waals surface area contributed by atoms with Crippen molar-refractivity contribution in [1.82, 2.24) is 14.8 Å². The summed E-state index contributed by atoms with van der Waals surface area (Å²) in [5.41, 5.74) is 10.1. The maximum atomic E-state index is 5.69. The van der Waals surface area contributed by atoms with Crippen LogP contribution in [-0.4, -0.2) is 48.1 Å². The highest BCUT2D eigenvalue weighted by molar-refractivity contribution is 6.04. The quantitative estimate of drug-likeness (QED) is 0.564. The van der Waals surface area contributed by atoms with Crippen LogP contribution in [0.1, 0.15) is 53.5 Å². The second kappa shape index (κ2) is 9.42. The molecule has 1 aromatic heterocycles. The van der Waals surface area contributed by atoms with Crippen molar-refractivity contribution >= 4 is 11.5 Å². The molecule has 0 bridgehead atoms. The van der Waals surface area contributed by atoms with Crippen LogP contribution >= 0.6 is 0 Å². The van der Waals surface area contributed by atoms with Crippen molar-refractivity contribution in [2.45, 2.75) is 47.6 Å². The van der Waals surface area contributed by atoms with E-state index in [9.17, 15) is 0 Å². The topological polar surface area (TPSA) is 45.0 Å². The van der Waals surface area contributed by atoms with E-state index >= 15 is 0 Å². The van der Waals surface area contributed by atoms with E-state index in [2.05, 4.69) is 96.9 Å². The number of aryl methyl sites for hydroxylation is 1. The zero-order chi connectivity index (χ0) is 24.7. The third-order valence-corrected chi connectivity index (χ3v) is 7.55. The Bertz CT molecular complexity index is 1250. The first-order valence-electron chi connectivity index (χ1n) is 12.8. The highest BCUT2D eigenvalue weighted by atomic mass is 16.5. The normalized spacial score (nSPS) is 17.9. The minimum Gasteiger partial charge on any atom is -0.494 e. The van der Waals surface area contributed by atoms with Crippen molar-refractivity contribution < 1.29 is 4.74 Å². The molecule has 0 amide bonds. The zero-order valence-corrected chi connectivity index (χ0v) is 21.9. The average Bonchev–Trinajstić information content (AvgIpc) is 3.13. The van der Waals surface area contributed by atoms with Gasteiger partial charge in [-0.05, 0) is 83.0 Å². The molecule has 0 saturated carbocycles. The fourth-order valence-electron chi connectivity index (χ4n) is 5.60. The number of hydrazone groups is 1. The van der Waals surface area contributed by atoms with Crippen molar-refractivity contribution in [3.05, 3.63) is 76.1 Å². The standard InChI is InChI=1S/C29H37N5O/c1-7-35-25-13-11-24(12-14-25)33-21(4)27-23(6)34(26-10-8-9-19(2)20(26)3)31-29(28(27)22(33)5)32-17-15-30-16-18-32/h8-14,23,30H,7,15-18H2,1-6H3. The Labute approximate surface area is 209 Å². The fourth-order valence-corrected chi connectivity index (χ4v) is 5.60. The van der Waals surface area contributed by atoms with Gasteiger partial charge in [0.15, 0.2) is 5.84 Å². The molecular weight excluding hydrogens is 434 g/mol. The summed E-state index contributed by atoms with van der Waals surface area (Å²) in [6.45, 7) is 17.7. The summed E-state index contributed by atoms with van der Waals surface area (Å²) < 4.78 is 8.08. The van der Waals surface area contributed by atoms with E-state index in [0.29, 0.717) is 6.61 Å². The van der Waals surface area contributed by atoms with Crippen LogP contribution in [0, 0.1) is 27.7 Å². The molecule has 6 heteroatoms. The van der Waals surface area contributed by atoms with Crippen LogP contribution in [0.5, 0.6) is 5.75 Å². The first-order valence-corrected chi connectivity index (χ1v) is 12.8. The number of anilines is 1.